The summed E-state index contributed by atoms with van der Waals surface area (Å²) in [4.78, 5) is 11.3. The molecule has 1 unspecified atom stereocenters. The highest BCUT2D eigenvalue weighted by Crippen LogP contribution is 2.29. The molecule has 0 fully saturated rings. The van der Waals surface area contributed by atoms with E-state index in [4.69, 9.17) is 9.47 Å². The smallest absolute Gasteiger partial charge is 0.327 e. The highest BCUT2D eigenvalue weighted by Gasteiger charge is 2.15. The molecule has 0 saturated carbocycles. The van der Waals surface area contributed by atoms with Gasteiger partial charge in [-0.3, -0.25) is 0 Å². The Bertz CT molecular complexity index is 392. The molecule has 17 heavy (non-hydrogen) atoms. The molecule has 0 aliphatic rings. The number of methoxy groups -OCH3 is 3. The summed E-state index contributed by atoms with van der Waals surface area (Å²) >= 11 is 0. The van der Waals surface area contributed by atoms with Crippen molar-refractivity contribution in [2.24, 2.45) is 0 Å². The molecule has 5 nitrogen and oxygen atoms in total. The van der Waals surface area contributed by atoms with Crippen LogP contribution in [0.15, 0.2) is 18.2 Å². The van der Waals surface area contributed by atoms with Crippen LogP contribution in [0.4, 0.5) is 5.69 Å². The Morgan fingerprint density at radius 3 is 2.47 bits per heavy atom. The van der Waals surface area contributed by atoms with E-state index in [0.29, 0.717) is 17.2 Å². The van der Waals surface area contributed by atoms with Gasteiger partial charge < -0.3 is 19.5 Å². The standard InChI is InChI=1S/C12H17NO4/c1-8(12(14)17-4)13-10-7-9(15-2)5-6-11(10)16-3/h5-8,13H,1-4H3. The van der Waals surface area contributed by atoms with Crippen molar-refractivity contribution in [2.45, 2.75) is 13.0 Å². The molecular formula is C12H17NO4. The highest BCUT2D eigenvalue weighted by atomic mass is 16.5. The Kier molecular flexibility index (Phi) is 4.63. The predicted molar refractivity (Wildman–Crippen MR) is 64.6 cm³/mol. The zero-order valence-electron chi connectivity index (χ0n) is 10.4. The van der Waals surface area contributed by atoms with Gasteiger partial charge in [-0.15, -0.1) is 0 Å². The van der Waals surface area contributed by atoms with Crippen molar-refractivity contribution in [3.63, 3.8) is 0 Å². The van der Waals surface area contributed by atoms with Crippen molar-refractivity contribution >= 4 is 11.7 Å². The minimum Gasteiger partial charge on any atom is -0.497 e. The van der Waals surface area contributed by atoms with Crippen molar-refractivity contribution in [2.75, 3.05) is 26.6 Å². The minimum atomic E-state index is -0.457. The molecule has 0 spiro atoms. The van der Waals surface area contributed by atoms with Gasteiger partial charge in [-0.25, -0.2) is 4.79 Å². The molecule has 0 saturated heterocycles. The first-order valence-electron chi connectivity index (χ1n) is 5.18. The lowest BCUT2D eigenvalue weighted by Crippen LogP contribution is -2.27. The average molecular weight is 239 g/mol. The Morgan fingerprint density at radius 2 is 1.94 bits per heavy atom. The van der Waals surface area contributed by atoms with Gasteiger partial charge in [0, 0.05) is 6.07 Å². The third-order valence-electron chi connectivity index (χ3n) is 2.33. The number of esters is 1. The van der Waals surface area contributed by atoms with Crippen molar-refractivity contribution in [1.29, 1.82) is 0 Å². The van der Waals surface area contributed by atoms with Crippen LogP contribution < -0.4 is 14.8 Å². The van der Waals surface area contributed by atoms with E-state index in [0.717, 1.165) is 0 Å². The molecule has 0 amide bonds. The van der Waals surface area contributed by atoms with Gasteiger partial charge in [-0.1, -0.05) is 0 Å². The highest BCUT2D eigenvalue weighted by molar-refractivity contribution is 5.79. The summed E-state index contributed by atoms with van der Waals surface area (Å²) in [5.74, 6) is 0.988. The van der Waals surface area contributed by atoms with Crippen LogP contribution in [0.3, 0.4) is 0 Å². The summed E-state index contributed by atoms with van der Waals surface area (Å²) in [7, 11) is 4.49. The second kappa shape index (κ2) is 5.98. The number of nitrogens with one attached hydrogen (secondary N) is 1. The van der Waals surface area contributed by atoms with Gasteiger partial charge in [0.15, 0.2) is 0 Å². The molecule has 5 heteroatoms. The first-order chi connectivity index (χ1) is 8.12. The molecule has 0 radical (unpaired) electrons. The molecule has 1 rings (SSSR count). The maximum absolute atomic E-state index is 11.3. The quantitative estimate of drug-likeness (QED) is 0.792. The minimum absolute atomic E-state index is 0.338. The van der Waals surface area contributed by atoms with Crippen molar-refractivity contribution in [3.05, 3.63) is 18.2 Å². The monoisotopic (exact) mass is 239 g/mol. The fraction of sp³-hybridized carbons (Fsp3) is 0.417. The number of carbonyl (C=O) groups excluding carboxylic acids is 1. The Morgan fingerprint density at radius 1 is 1.24 bits per heavy atom. The second-order valence-corrected chi connectivity index (χ2v) is 3.46. The van der Waals surface area contributed by atoms with E-state index >= 15 is 0 Å². The number of ether oxygens (including phenoxy) is 3. The molecule has 1 N–H and O–H groups in total. The number of hydrogen-bond donors (Lipinski definition) is 1. The van der Waals surface area contributed by atoms with Gasteiger partial charge in [0.1, 0.15) is 17.5 Å². The summed E-state index contributed by atoms with van der Waals surface area (Å²) in [5.41, 5.74) is 0.685. The summed E-state index contributed by atoms with van der Waals surface area (Å²) in [6, 6.07) is 4.86. The molecule has 0 bridgehead atoms. The topological polar surface area (TPSA) is 56.8 Å². The fourth-order valence-corrected chi connectivity index (χ4v) is 1.40. The Hall–Kier alpha value is -1.91. The molecule has 0 aliphatic heterocycles. The normalized spacial score (nSPS) is 11.5. The maximum atomic E-state index is 11.3. The lowest BCUT2D eigenvalue weighted by atomic mass is 10.2. The van der Waals surface area contributed by atoms with E-state index in [1.54, 1.807) is 39.3 Å². The van der Waals surface area contributed by atoms with Crippen LogP contribution in [0.2, 0.25) is 0 Å². The molecule has 94 valence electrons. The average Bonchev–Trinajstić information content (AvgIpc) is 2.37. The lowest BCUT2D eigenvalue weighted by molar-refractivity contribution is -0.141. The largest absolute Gasteiger partial charge is 0.497 e. The second-order valence-electron chi connectivity index (χ2n) is 3.46. The molecular weight excluding hydrogens is 222 g/mol. The van der Waals surface area contributed by atoms with Crippen LogP contribution in [0.25, 0.3) is 0 Å². The van der Waals surface area contributed by atoms with Crippen molar-refractivity contribution in [1.82, 2.24) is 0 Å². The van der Waals surface area contributed by atoms with Crippen LogP contribution in [0.5, 0.6) is 11.5 Å². The number of benzene rings is 1. The van der Waals surface area contributed by atoms with E-state index in [2.05, 4.69) is 10.1 Å². The van der Waals surface area contributed by atoms with Crippen LogP contribution in [0.1, 0.15) is 6.92 Å². The molecule has 1 aromatic carbocycles. The molecule has 1 atom stereocenters. The Labute approximate surface area is 101 Å². The first kappa shape index (κ1) is 13.2. The van der Waals surface area contributed by atoms with Gasteiger partial charge in [-0.05, 0) is 19.1 Å². The van der Waals surface area contributed by atoms with Gasteiger partial charge in [0.25, 0.3) is 0 Å². The number of rotatable bonds is 5. The number of carbonyl (C=O) groups is 1. The first-order valence-corrected chi connectivity index (χ1v) is 5.18. The molecule has 0 aromatic heterocycles. The van der Waals surface area contributed by atoms with Gasteiger partial charge >= 0.3 is 5.97 Å². The zero-order valence-corrected chi connectivity index (χ0v) is 10.4. The predicted octanol–water partition coefficient (Wildman–Crippen LogP) is 1.68. The van der Waals surface area contributed by atoms with Gasteiger partial charge in [-0.2, -0.15) is 0 Å². The van der Waals surface area contributed by atoms with Crippen LogP contribution in [-0.2, 0) is 9.53 Å². The van der Waals surface area contributed by atoms with Gasteiger partial charge in [0.2, 0.25) is 0 Å². The lowest BCUT2D eigenvalue weighted by Gasteiger charge is -2.16. The molecule has 0 aliphatic carbocycles. The van der Waals surface area contributed by atoms with E-state index in [9.17, 15) is 4.79 Å². The molecule has 1 aromatic rings. The van der Waals surface area contributed by atoms with E-state index in [-0.39, 0.29) is 5.97 Å². The SMILES string of the molecule is COC(=O)C(C)Nc1cc(OC)ccc1OC. The van der Waals surface area contributed by atoms with Gasteiger partial charge in [0.05, 0.1) is 27.0 Å². The third kappa shape index (κ3) is 3.27. The van der Waals surface area contributed by atoms with E-state index in [1.807, 2.05) is 0 Å². The molecule has 0 heterocycles. The van der Waals surface area contributed by atoms with Crippen LogP contribution >= 0.6 is 0 Å². The fourth-order valence-electron chi connectivity index (χ4n) is 1.40. The third-order valence-corrected chi connectivity index (χ3v) is 2.33. The van der Waals surface area contributed by atoms with Crippen LogP contribution in [-0.4, -0.2) is 33.3 Å². The summed E-state index contributed by atoms with van der Waals surface area (Å²) < 4.78 is 14.9. The summed E-state index contributed by atoms with van der Waals surface area (Å²) in [6.07, 6.45) is 0. The number of hydrogen-bond acceptors (Lipinski definition) is 5. The zero-order chi connectivity index (χ0) is 12.8. The summed E-state index contributed by atoms with van der Waals surface area (Å²) in [5, 5.41) is 3.01. The van der Waals surface area contributed by atoms with Crippen LogP contribution in [0, 0.1) is 0 Å². The van der Waals surface area contributed by atoms with E-state index in [1.165, 1.54) is 7.11 Å². The maximum Gasteiger partial charge on any atom is 0.327 e. The number of anilines is 1. The van der Waals surface area contributed by atoms with E-state index < -0.39 is 6.04 Å². The van der Waals surface area contributed by atoms with Crippen molar-refractivity contribution < 1.29 is 19.0 Å². The Balaban J connectivity index is 2.91. The summed E-state index contributed by atoms with van der Waals surface area (Å²) in [6.45, 7) is 1.71. The van der Waals surface area contributed by atoms with Crippen molar-refractivity contribution in [3.8, 4) is 11.5 Å².